The van der Waals surface area contributed by atoms with Gasteiger partial charge >= 0.3 is 0 Å². The van der Waals surface area contributed by atoms with Crippen LogP contribution in [0, 0.1) is 11.8 Å². The van der Waals surface area contributed by atoms with Crippen molar-refractivity contribution in [3.05, 3.63) is 0 Å². The lowest BCUT2D eigenvalue weighted by Gasteiger charge is -2.57. The highest BCUT2D eigenvalue weighted by Gasteiger charge is 2.47. The third-order valence-corrected chi connectivity index (χ3v) is 6.03. The highest BCUT2D eigenvalue weighted by molar-refractivity contribution is 5.01. The topological polar surface area (TPSA) is 26.7 Å². The Bertz CT molecular complexity index is 322. The van der Waals surface area contributed by atoms with Crippen molar-refractivity contribution in [2.24, 2.45) is 11.8 Å². The Labute approximate surface area is 110 Å². The Balaban J connectivity index is 1.55. The van der Waals surface area contributed by atoms with E-state index in [1.54, 1.807) is 0 Å². The Morgan fingerprint density at radius 2 is 1.56 bits per heavy atom. The third kappa shape index (κ3) is 1.83. The van der Waals surface area contributed by atoms with Crippen LogP contribution in [0.4, 0.5) is 0 Å². The molecular formula is C15H26N2O. The summed E-state index contributed by atoms with van der Waals surface area (Å²) in [5.74, 6) is 1.77. The van der Waals surface area contributed by atoms with Gasteiger partial charge in [-0.05, 0) is 50.5 Å². The molecule has 0 unspecified atom stereocenters. The smallest absolute Gasteiger partial charge is 0.0567 e. The summed E-state index contributed by atoms with van der Waals surface area (Å²) in [5, 5.41) is 9.94. The van der Waals surface area contributed by atoms with Gasteiger partial charge in [0.25, 0.3) is 0 Å². The summed E-state index contributed by atoms with van der Waals surface area (Å²) in [6, 6.07) is 1.58. The molecule has 3 heteroatoms. The van der Waals surface area contributed by atoms with Gasteiger partial charge in [0.1, 0.15) is 0 Å². The summed E-state index contributed by atoms with van der Waals surface area (Å²) in [5.41, 5.74) is 0. The number of aliphatic hydroxyl groups is 1. The van der Waals surface area contributed by atoms with Gasteiger partial charge in [-0.15, -0.1) is 0 Å². The van der Waals surface area contributed by atoms with Crippen LogP contribution in [0.5, 0.6) is 0 Å². The lowest BCUT2D eigenvalue weighted by molar-refractivity contribution is -0.0900. The zero-order valence-electron chi connectivity index (χ0n) is 11.3. The molecule has 4 aliphatic rings. The van der Waals surface area contributed by atoms with E-state index in [0.29, 0.717) is 6.04 Å². The minimum atomic E-state index is -0.0260. The predicted molar refractivity (Wildman–Crippen MR) is 71.4 cm³/mol. The van der Waals surface area contributed by atoms with Crippen LogP contribution in [0.15, 0.2) is 0 Å². The molecule has 0 amide bonds. The summed E-state index contributed by atoms with van der Waals surface area (Å²) < 4.78 is 0. The molecule has 4 heterocycles. The zero-order chi connectivity index (χ0) is 12.1. The molecule has 0 aliphatic carbocycles. The van der Waals surface area contributed by atoms with E-state index in [1.165, 1.54) is 45.3 Å². The molecule has 4 rings (SSSR count). The third-order valence-electron chi connectivity index (χ3n) is 6.03. The number of fused-ring (bicyclic) bond motifs is 6. The molecule has 0 spiro atoms. The van der Waals surface area contributed by atoms with Crippen molar-refractivity contribution >= 4 is 0 Å². The molecule has 102 valence electrons. The first-order valence-corrected chi connectivity index (χ1v) is 7.97. The largest absolute Gasteiger partial charge is 0.393 e. The van der Waals surface area contributed by atoms with Crippen LogP contribution in [-0.4, -0.2) is 59.3 Å². The molecule has 0 aromatic heterocycles. The summed E-state index contributed by atoms with van der Waals surface area (Å²) in [6.45, 7) is 5.11. The van der Waals surface area contributed by atoms with Gasteiger partial charge in [0, 0.05) is 31.7 Å². The molecule has 4 fully saturated rings. The minimum Gasteiger partial charge on any atom is -0.393 e. The van der Waals surface area contributed by atoms with Gasteiger partial charge in [0.15, 0.2) is 0 Å². The second-order valence-corrected chi connectivity index (χ2v) is 7.05. The maximum Gasteiger partial charge on any atom is 0.0567 e. The zero-order valence-corrected chi connectivity index (χ0v) is 11.3. The molecule has 4 aliphatic heterocycles. The standard InChI is InChI=1S/C15H26N2O/c18-13-4-6-17-9-11-7-12(15(17)8-13)10-16-5-2-1-3-14(11)16/h11-15,18H,1-10H2/t11-,12-,13-,14-,15+/m1/s1. The van der Waals surface area contributed by atoms with Crippen LogP contribution in [0.2, 0.25) is 0 Å². The van der Waals surface area contributed by atoms with E-state index < -0.39 is 0 Å². The molecule has 0 radical (unpaired) electrons. The first-order valence-electron chi connectivity index (χ1n) is 7.97. The van der Waals surface area contributed by atoms with E-state index in [9.17, 15) is 5.11 Å². The van der Waals surface area contributed by atoms with Crippen LogP contribution >= 0.6 is 0 Å². The normalized spacial score (nSPS) is 49.5. The molecule has 3 nitrogen and oxygen atoms in total. The molecule has 2 bridgehead atoms. The molecule has 4 saturated heterocycles. The van der Waals surface area contributed by atoms with Crippen molar-refractivity contribution < 1.29 is 5.11 Å². The Hall–Kier alpha value is -0.120. The van der Waals surface area contributed by atoms with Gasteiger partial charge in [-0.1, -0.05) is 6.42 Å². The highest BCUT2D eigenvalue weighted by Crippen LogP contribution is 2.42. The van der Waals surface area contributed by atoms with Gasteiger partial charge in [-0.2, -0.15) is 0 Å². The van der Waals surface area contributed by atoms with Crippen LogP contribution in [0.25, 0.3) is 0 Å². The fourth-order valence-corrected chi connectivity index (χ4v) is 5.22. The van der Waals surface area contributed by atoms with E-state index in [4.69, 9.17) is 0 Å². The average Bonchev–Trinajstić information content (AvgIpc) is 2.40. The Morgan fingerprint density at radius 3 is 2.44 bits per heavy atom. The molecule has 5 atom stereocenters. The monoisotopic (exact) mass is 250 g/mol. The van der Waals surface area contributed by atoms with Gasteiger partial charge in [0.2, 0.25) is 0 Å². The average molecular weight is 250 g/mol. The molecule has 0 saturated carbocycles. The summed E-state index contributed by atoms with van der Waals surface area (Å²) in [4.78, 5) is 5.51. The fraction of sp³-hybridized carbons (Fsp3) is 1.00. The number of hydrogen-bond donors (Lipinski definition) is 1. The van der Waals surface area contributed by atoms with Crippen molar-refractivity contribution in [2.75, 3.05) is 26.2 Å². The molecule has 0 aromatic rings. The second-order valence-electron chi connectivity index (χ2n) is 7.05. The number of rotatable bonds is 0. The SMILES string of the molecule is O[C@@H]1CCN2C[C@H]3C[C@H](CN4CCCC[C@H]34)[C@@H]2C1. The second kappa shape index (κ2) is 4.46. The van der Waals surface area contributed by atoms with Crippen molar-refractivity contribution in [1.82, 2.24) is 9.80 Å². The van der Waals surface area contributed by atoms with E-state index in [0.717, 1.165) is 37.3 Å². The predicted octanol–water partition coefficient (Wildman–Crippen LogP) is 1.32. The number of nitrogens with zero attached hydrogens (tertiary/aromatic N) is 2. The van der Waals surface area contributed by atoms with Crippen LogP contribution in [0.1, 0.15) is 38.5 Å². The van der Waals surface area contributed by atoms with Gasteiger partial charge in [-0.3, -0.25) is 9.80 Å². The van der Waals surface area contributed by atoms with E-state index in [2.05, 4.69) is 9.80 Å². The summed E-state index contributed by atoms with van der Waals surface area (Å²) in [6.07, 6.45) is 7.76. The van der Waals surface area contributed by atoms with Crippen molar-refractivity contribution in [3.63, 3.8) is 0 Å². The number of piperidine rings is 4. The molecule has 0 aromatic carbocycles. The molecular weight excluding hydrogens is 224 g/mol. The van der Waals surface area contributed by atoms with E-state index >= 15 is 0 Å². The Kier molecular flexibility index (Phi) is 2.90. The minimum absolute atomic E-state index is 0.0260. The number of hydrogen-bond acceptors (Lipinski definition) is 3. The number of aliphatic hydroxyl groups excluding tert-OH is 1. The first kappa shape index (κ1) is 11.7. The van der Waals surface area contributed by atoms with Crippen molar-refractivity contribution in [1.29, 1.82) is 0 Å². The summed E-state index contributed by atoms with van der Waals surface area (Å²) in [7, 11) is 0. The maximum absolute atomic E-state index is 9.94. The lowest BCUT2D eigenvalue weighted by Crippen LogP contribution is -2.64. The van der Waals surface area contributed by atoms with Crippen LogP contribution in [0.3, 0.4) is 0 Å². The van der Waals surface area contributed by atoms with Gasteiger partial charge in [0.05, 0.1) is 6.10 Å². The molecule has 18 heavy (non-hydrogen) atoms. The van der Waals surface area contributed by atoms with Crippen LogP contribution in [-0.2, 0) is 0 Å². The van der Waals surface area contributed by atoms with Gasteiger partial charge in [-0.25, -0.2) is 0 Å². The lowest BCUT2D eigenvalue weighted by atomic mass is 9.70. The highest BCUT2D eigenvalue weighted by atomic mass is 16.3. The summed E-state index contributed by atoms with van der Waals surface area (Å²) >= 11 is 0. The first-order chi connectivity index (χ1) is 8.81. The van der Waals surface area contributed by atoms with Crippen LogP contribution < -0.4 is 0 Å². The maximum atomic E-state index is 9.94. The van der Waals surface area contributed by atoms with Crippen molar-refractivity contribution in [3.8, 4) is 0 Å². The quantitative estimate of drug-likeness (QED) is 0.702. The fourth-order valence-electron chi connectivity index (χ4n) is 5.22. The Morgan fingerprint density at radius 1 is 0.778 bits per heavy atom. The molecule has 1 N–H and O–H groups in total. The van der Waals surface area contributed by atoms with E-state index in [-0.39, 0.29) is 6.10 Å². The van der Waals surface area contributed by atoms with Gasteiger partial charge < -0.3 is 5.11 Å². The van der Waals surface area contributed by atoms with Crippen molar-refractivity contribution in [2.45, 2.75) is 56.7 Å². The van der Waals surface area contributed by atoms with E-state index in [1.807, 2.05) is 0 Å².